The van der Waals surface area contributed by atoms with Gasteiger partial charge < -0.3 is 15.7 Å². The Morgan fingerprint density at radius 3 is 2.45 bits per heavy atom. The lowest BCUT2D eigenvalue weighted by Gasteiger charge is -2.25. The lowest BCUT2D eigenvalue weighted by atomic mass is 9.91. The number of urea groups is 1. The lowest BCUT2D eigenvalue weighted by molar-refractivity contribution is -0.136. The summed E-state index contributed by atoms with van der Waals surface area (Å²) in [6.45, 7) is 0.0853. The first-order valence-electron chi connectivity index (χ1n) is 7.58. The van der Waals surface area contributed by atoms with Crippen LogP contribution in [0.1, 0.15) is 43.7 Å². The summed E-state index contributed by atoms with van der Waals surface area (Å²) >= 11 is 0. The van der Waals surface area contributed by atoms with E-state index in [0.29, 0.717) is 5.92 Å². The number of benzene rings is 1. The molecule has 0 radical (unpaired) electrons. The molecule has 5 nitrogen and oxygen atoms in total. The molecule has 1 aromatic carbocycles. The van der Waals surface area contributed by atoms with Gasteiger partial charge in [-0.25, -0.2) is 9.18 Å². The Morgan fingerprint density at radius 1 is 1.23 bits per heavy atom. The topological polar surface area (TPSA) is 78.4 Å². The van der Waals surface area contributed by atoms with Gasteiger partial charge in [-0.3, -0.25) is 4.79 Å². The summed E-state index contributed by atoms with van der Waals surface area (Å²) in [7, 11) is 0. The number of amides is 2. The van der Waals surface area contributed by atoms with E-state index in [1.54, 1.807) is 12.1 Å². The predicted octanol–water partition coefficient (Wildman–Crippen LogP) is 2.83. The van der Waals surface area contributed by atoms with E-state index >= 15 is 0 Å². The van der Waals surface area contributed by atoms with Gasteiger partial charge in [0.05, 0.1) is 12.5 Å². The Labute approximate surface area is 128 Å². The highest BCUT2D eigenvalue weighted by atomic mass is 19.1. The van der Waals surface area contributed by atoms with E-state index in [1.165, 1.54) is 12.1 Å². The summed E-state index contributed by atoms with van der Waals surface area (Å²) < 4.78 is 13.1. The highest BCUT2D eigenvalue weighted by Crippen LogP contribution is 2.35. The third-order valence-electron chi connectivity index (χ3n) is 4.01. The average molecular weight is 308 g/mol. The summed E-state index contributed by atoms with van der Waals surface area (Å²) in [6, 6.07) is 5.60. The van der Waals surface area contributed by atoms with Gasteiger partial charge in [0, 0.05) is 6.54 Å². The van der Waals surface area contributed by atoms with Crippen LogP contribution in [0, 0.1) is 11.7 Å². The van der Waals surface area contributed by atoms with Crippen molar-refractivity contribution in [1.82, 2.24) is 10.6 Å². The number of hydrogen-bond donors (Lipinski definition) is 3. The van der Waals surface area contributed by atoms with Gasteiger partial charge in [-0.2, -0.15) is 0 Å². The summed E-state index contributed by atoms with van der Waals surface area (Å²) in [5.74, 6) is -0.929. The van der Waals surface area contributed by atoms with Gasteiger partial charge >= 0.3 is 12.0 Å². The third kappa shape index (κ3) is 4.72. The molecular formula is C16H21FN2O3. The first-order valence-corrected chi connectivity index (χ1v) is 7.58. The molecule has 1 fully saturated rings. The number of rotatable bonds is 6. The molecule has 0 bridgehead atoms. The first kappa shape index (κ1) is 16.3. The lowest BCUT2D eigenvalue weighted by Crippen LogP contribution is -2.41. The van der Waals surface area contributed by atoms with Crippen LogP contribution in [0.3, 0.4) is 0 Å². The van der Waals surface area contributed by atoms with Gasteiger partial charge in [0.25, 0.3) is 0 Å². The van der Waals surface area contributed by atoms with Crippen LogP contribution < -0.4 is 10.6 Å². The van der Waals surface area contributed by atoms with E-state index in [9.17, 15) is 14.0 Å². The Bertz CT molecular complexity index is 513. The van der Waals surface area contributed by atoms with Crippen LogP contribution in [0.25, 0.3) is 0 Å². The van der Waals surface area contributed by atoms with E-state index in [-0.39, 0.29) is 30.9 Å². The molecule has 1 aromatic rings. The molecule has 3 N–H and O–H groups in total. The van der Waals surface area contributed by atoms with Gasteiger partial charge in [-0.05, 0) is 36.5 Å². The van der Waals surface area contributed by atoms with Gasteiger partial charge in [0.2, 0.25) is 0 Å². The predicted molar refractivity (Wildman–Crippen MR) is 79.9 cm³/mol. The van der Waals surface area contributed by atoms with Gasteiger partial charge in [-0.15, -0.1) is 0 Å². The maximum atomic E-state index is 13.1. The van der Waals surface area contributed by atoms with Crippen LogP contribution >= 0.6 is 0 Å². The Morgan fingerprint density at radius 2 is 1.86 bits per heavy atom. The molecule has 1 aliphatic rings. The zero-order chi connectivity index (χ0) is 15.9. The molecule has 1 unspecified atom stereocenters. The molecule has 1 atom stereocenters. The zero-order valence-corrected chi connectivity index (χ0v) is 12.3. The van der Waals surface area contributed by atoms with Crippen molar-refractivity contribution in [1.29, 1.82) is 0 Å². The molecular weight excluding hydrogens is 287 g/mol. The molecule has 2 rings (SSSR count). The molecule has 0 saturated heterocycles. The molecule has 22 heavy (non-hydrogen) atoms. The van der Waals surface area contributed by atoms with Crippen molar-refractivity contribution in [2.24, 2.45) is 5.92 Å². The SMILES string of the molecule is O=C(O)CCNC(=O)NC(c1ccc(F)cc1)C1CCCC1. The molecule has 6 heteroatoms. The number of carbonyl (C=O) groups is 2. The molecule has 0 aromatic heterocycles. The van der Waals surface area contributed by atoms with Crippen molar-refractivity contribution < 1.29 is 19.1 Å². The van der Waals surface area contributed by atoms with Gasteiger partial charge in [0.1, 0.15) is 5.82 Å². The Kier molecular flexibility index (Phi) is 5.75. The average Bonchev–Trinajstić information content (AvgIpc) is 2.99. The van der Waals surface area contributed by atoms with Crippen LogP contribution in [0.2, 0.25) is 0 Å². The molecule has 0 aliphatic heterocycles. The summed E-state index contributed by atoms with van der Waals surface area (Å²) in [4.78, 5) is 22.4. The van der Waals surface area contributed by atoms with Crippen molar-refractivity contribution in [2.45, 2.75) is 38.1 Å². The van der Waals surface area contributed by atoms with Gasteiger partial charge in [0.15, 0.2) is 0 Å². The van der Waals surface area contributed by atoms with E-state index < -0.39 is 5.97 Å². The van der Waals surface area contributed by atoms with Crippen LogP contribution in [-0.2, 0) is 4.79 Å². The second-order valence-electron chi connectivity index (χ2n) is 5.62. The van der Waals surface area contributed by atoms with Crippen molar-refractivity contribution in [3.05, 3.63) is 35.6 Å². The Hall–Kier alpha value is -2.11. The number of carbonyl (C=O) groups excluding carboxylic acids is 1. The van der Waals surface area contributed by atoms with Crippen LogP contribution in [0.5, 0.6) is 0 Å². The minimum Gasteiger partial charge on any atom is -0.481 e. The minimum absolute atomic E-state index is 0.0853. The molecule has 120 valence electrons. The number of aliphatic carboxylic acids is 1. The molecule has 0 spiro atoms. The Balaban J connectivity index is 2.00. The monoisotopic (exact) mass is 308 g/mol. The zero-order valence-electron chi connectivity index (χ0n) is 12.3. The van der Waals surface area contributed by atoms with Crippen molar-refractivity contribution in [3.63, 3.8) is 0 Å². The van der Waals surface area contributed by atoms with Crippen LogP contribution in [0.15, 0.2) is 24.3 Å². The smallest absolute Gasteiger partial charge is 0.315 e. The minimum atomic E-state index is -0.953. The third-order valence-corrected chi connectivity index (χ3v) is 4.01. The number of hydrogen-bond acceptors (Lipinski definition) is 2. The van der Waals surface area contributed by atoms with E-state index in [4.69, 9.17) is 5.11 Å². The molecule has 2 amide bonds. The molecule has 1 saturated carbocycles. The first-order chi connectivity index (χ1) is 10.6. The van der Waals surface area contributed by atoms with E-state index in [0.717, 1.165) is 31.2 Å². The van der Waals surface area contributed by atoms with E-state index in [1.807, 2.05) is 0 Å². The van der Waals surface area contributed by atoms with Crippen LogP contribution in [-0.4, -0.2) is 23.7 Å². The summed E-state index contributed by atoms with van der Waals surface area (Å²) in [6.07, 6.45) is 4.20. The summed E-state index contributed by atoms with van der Waals surface area (Å²) in [5, 5.41) is 14.0. The fourth-order valence-electron chi connectivity index (χ4n) is 2.91. The van der Waals surface area contributed by atoms with Crippen molar-refractivity contribution in [2.75, 3.05) is 6.54 Å². The molecule has 1 aliphatic carbocycles. The van der Waals surface area contributed by atoms with Gasteiger partial charge in [-0.1, -0.05) is 25.0 Å². The second kappa shape index (κ2) is 7.77. The maximum absolute atomic E-state index is 13.1. The highest BCUT2D eigenvalue weighted by molar-refractivity contribution is 5.75. The van der Waals surface area contributed by atoms with Crippen molar-refractivity contribution >= 4 is 12.0 Å². The van der Waals surface area contributed by atoms with Crippen molar-refractivity contribution in [3.8, 4) is 0 Å². The summed E-state index contributed by atoms with van der Waals surface area (Å²) in [5.41, 5.74) is 0.877. The molecule has 0 heterocycles. The maximum Gasteiger partial charge on any atom is 0.315 e. The second-order valence-corrected chi connectivity index (χ2v) is 5.62. The normalized spacial score (nSPS) is 16.2. The fourth-order valence-corrected chi connectivity index (χ4v) is 2.91. The number of carboxylic acid groups (broad SMARTS) is 1. The number of halogens is 1. The standard InChI is InChI=1S/C16H21FN2O3/c17-13-7-5-12(6-8-13)15(11-3-1-2-4-11)19-16(22)18-10-9-14(20)21/h5-8,11,15H,1-4,9-10H2,(H,20,21)(H2,18,19,22). The largest absolute Gasteiger partial charge is 0.481 e. The number of nitrogens with one attached hydrogen (secondary N) is 2. The quantitative estimate of drug-likeness (QED) is 0.756. The number of carboxylic acids is 1. The fraction of sp³-hybridized carbons (Fsp3) is 0.500. The van der Waals surface area contributed by atoms with Crippen LogP contribution in [0.4, 0.5) is 9.18 Å². The van der Waals surface area contributed by atoms with E-state index in [2.05, 4.69) is 10.6 Å². The highest BCUT2D eigenvalue weighted by Gasteiger charge is 2.27.